The second-order valence-electron chi connectivity index (χ2n) is 5.60. The second-order valence-corrected chi connectivity index (χ2v) is 6.37. The fraction of sp³-hybridized carbons (Fsp3) is 0.333. The lowest BCUT2D eigenvalue weighted by molar-refractivity contribution is -0.116. The first-order valence-corrected chi connectivity index (χ1v) is 8.97. The van der Waals surface area contributed by atoms with Crippen molar-refractivity contribution in [1.82, 2.24) is 4.37 Å². The number of esters is 1. The molecule has 8 heteroatoms. The van der Waals surface area contributed by atoms with Gasteiger partial charge in [-0.3, -0.25) is 9.59 Å². The highest BCUT2D eigenvalue weighted by Gasteiger charge is 2.20. The molecule has 0 spiro atoms. The summed E-state index contributed by atoms with van der Waals surface area (Å²) in [6, 6.07) is 6.48. The Morgan fingerprint density at radius 3 is 2.50 bits per heavy atom. The molecule has 0 fully saturated rings. The highest BCUT2D eigenvalue weighted by atomic mass is 32.1. The van der Waals surface area contributed by atoms with Gasteiger partial charge in [-0.15, -0.1) is 0 Å². The summed E-state index contributed by atoms with van der Waals surface area (Å²) in [6.45, 7) is 3.27. The van der Waals surface area contributed by atoms with Crippen LogP contribution >= 0.6 is 11.5 Å². The predicted octanol–water partition coefficient (Wildman–Crippen LogP) is 3.27. The largest absolute Gasteiger partial charge is 0.454 e. The minimum Gasteiger partial charge on any atom is -0.454 e. The summed E-state index contributed by atoms with van der Waals surface area (Å²) < 4.78 is 9.22. The number of nitrogens with one attached hydrogen (secondary N) is 2. The van der Waals surface area contributed by atoms with Gasteiger partial charge in [0.2, 0.25) is 5.91 Å². The number of hydrogen-bond acceptors (Lipinski definition) is 7. The van der Waals surface area contributed by atoms with E-state index in [2.05, 4.69) is 15.0 Å². The van der Waals surface area contributed by atoms with Crippen molar-refractivity contribution in [2.75, 3.05) is 24.3 Å². The number of benzene rings is 1. The fourth-order valence-electron chi connectivity index (χ4n) is 2.26. The van der Waals surface area contributed by atoms with Crippen LogP contribution in [0.25, 0.3) is 0 Å². The molecule has 0 atom stereocenters. The summed E-state index contributed by atoms with van der Waals surface area (Å²) in [5, 5.41) is 6.24. The number of Topliss-reactive ketones (excluding diaryl/α,β-unsaturated/α-hetero) is 1. The fourth-order valence-corrected chi connectivity index (χ4v) is 2.99. The first kappa shape index (κ1) is 19.6. The van der Waals surface area contributed by atoms with E-state index < -0.39 is 5.97 Å². The average Bonchev–Trinajstić information content (AvgIpc) is 3.01. The molecule has 138 valence electrons. The van der Waals surface area contributed by atoms with Gasteiger partial charge in [-0.2, -0.15) is 4.37 Å². The molecule has 0 bridgehead atoms. The topological polar surface area (TPSA) is 97.4 Å². The Bertz CT molecular complexity index is 799. The lowest BCUT2D eigenvalue weighted by Crippen LogP contribution is -2.15. The van der Waals surface area contributed by atoms with Gasteiger partial charge in [-0.05, 0) is 49.1 Å². The molecule has 0 saturated carbocycles. The maximum atomic E-state index is 12.2. The second kappa shape index (κ2) is 9.10. The van der Waals surface area contributed by atoms with E-state index in [1.54, 1.807) is 38.2 Å². The van der Waals surface area contributed by atoms with Crippen LogP contribution in [0.15, 0.2) is 24.3 Å². The van der Waals surface area contributed by atoms with E-state index in [1.807, 2.05) is 6.92 Å². The van der Waals surface area contributed by atoms with Gasteiger partial charge in [0, 0.05) is 24.7 Å². The van der Waals surface area contributed by atoms with Crippen LogP contribution in [0.3, 0.4) is 0 Å². The van der Waals surface area contributed by atoms with Gasteiger partial charge in [0.25, 0.3) is 0 Å². The van der Waals surface area contributed by atoms with Crippen molar-refractivity contribution in [3.05, 3.63) is 41.1 Å². The van der Waals surface area contributed by atoms with Crippen molar-refractivity contribution in [2.24, 2.45) is 0 Å². The van der Waals surface area contributed by atoms with Gasteiger partial charge in [-0.1, -0.05) is 6.92 Å². The van der Waals surface area contributed by atoms with Crippen molar-refractivity contribution < 1.29 is 19.1 Å². The molecule has 2 rings (SSSR count). The number of amides is 1. The van der Waals surface area contributed by atoms with Crippen LogP contribution in [0, 0.1) is 6.92 Å². The Morgan fingerprint density at radius 1 is 1.19 bits per heavy atom. The van der Waals surface area contributed by atoms with Gasteiger partial charge in [0.05, 0.1) is 5.69 Å². The van der Waals surface area contributed by atoms with Crippen LogP contribution in [0.1, 0.15) is 46.2 Å². The van der Waals surface area contributed by atoms with E-state index in [0.717, 1.165) is 18.0 Å². The summed E-state index contributed by atoms with van der Waals surface area (Å²) in [5.41, 5.74) is 1.93. The van der Waals surface area contributed by atoms with E-state index in [-0.39, 0.29) is 18.3 Å². The molecule has 0 radical (unpaired) electrons. The summed E-state index contributed by atoms with van der Waals surface area (Å²) >= 11 is 1.16. The first-order valence-electron chi connectivity index (χ1n) is 8.20. The average molecular weight is 375 g/mol. The van der Waals surface area contributed by atoms with Gasteiger partial charge < -0.3 is 15.4 Å². The quantitative estimate of drug-likeness (QED) is 0.543. The third kappa shape index (κ3) is 4.89. The van der Waals surface area contributed by atoms with Crippen LogP contribution in [0.4, 0.5) is 10.7 Å². The molecule has 1 aromatic heterocycles. The Balaban J connectivity index is 1.94. The van der Waals surface area contributed by atoms with E-state index in [1.165, 1.54) is 0 Å². The van der Waals surface area contributed by atoms with Crippen LogP contribution in [0.2, 0.25) is 0 Å². The molecule has 2 N–H and O–H groups in total. The lowest BCUT2D eigenvalue weighted by atomic mass is 10.1. The lowest BCUT2D eigenvalue weighted by Gasteiger charge is -2.07. The van der Waals surface area contributed by atoms with Crippen LogP contribution in [-0.2, 0) is 9.53 Å². The third-order valence-corrected chi connectivity index (χ3v) is 4.55. The highest BCUT2D eigenvalue weighted by molar-refractivity contribution is 7.10. The Morgan fingerprint density at radius 2 is 1.88 bits per heavy atom. The molecule has 0 saturated heterocycles. The number of hydrogen-bond donors (Lipinski definition) is 2. The van der Waals surface area contributed by atoms with Crippen LogP contribution < -0.4 is 10.6 Å². The van der Waals surface area contributed by atoms with Crippen molar-refractivity contribution in [3.63, 3.8) is 0 Å². The van der Waals surface area contributed by atoms with Crippen molar-refractivity contribution in [3.8, 4) is 0 Å². The van der Waals surface area contributed by atoms with E-state index in [9.17, 15) is 14.4 Å². The summed E-state index contributed by atoms with van der Waals surface area (Å²) in [5.74, 6) is -0.977. The zero-order valence-corrected chi connectivity index (χ0v) is 15.7. The molecule has 1 amide bonds. The minimum atomic E-state index is -0.586. The molecule has 7 nitrogen and oxygen atoms in total. The monoisotopic (exact) mass is 375 g/mol. The number of aryl methyl sites for hydroxylation is 1. The zero-order valence-electron chi connectivity index (χ0n) is 14.9. The molecular weight excluding hydrogens is 354 g/mol. The maximum absolute atomic E-state index is 12.2. The molecule has 1 heterocycles. The number of ether oxygens (including phenoxy) is 1. The smallest absolute Gasteiger partial charge is 0.343 e. The van der Waals surface area contributed by atoms with Crippen molar-refractivity contribution in [2.45, 2.75) is 26.7 Å². The van der Waals surface area contributed by atoms with Gasteiger partial charge >= 0.3 is 5.97 Å². The number of anilines is 2. The first-order chi connectivity index (χ1) is 12.5. The van der Waals surface area contributed by atoms with Gasteiger partial charge in [0.15, 0.2) is 12.4 Å². The van der Waals surface area contributed by atoms with Gasteiger partial charge in [0.1, 0.15) is 10.6 Å². The molecule has 0 aliphatic rings. The maximum Gasteiger partial charge on any atom is 0.343 e. The van der Waals surface area contributed by atoms with Gasteiger partial charge in [-0.25, -0.2) is 4.79 Å². The molecule has 2 aromatic rings. The third-order valence-electron chi connectivity index (χ3n) is 3.60. The molecule has 1 aromatic carbocycles. The van der Waals surface area contributed by atoms with Crippen LogP contribution in [0.5, 0.6) is 0 Å². The number of rotatable bonds is 8. The number of ketones is 1. The normalized spacial score (nSPS) is 10.3. The number of nitrogens with zero attached hydrogens (tertiary/aromatic N) is 1. The molecule has 0 aliphatic carbocycles. The summed E-state index contributed by atoms with van der Waals surface area (Å²) in [4.78, 5) is 35.9. The number of carbonyl (C=O) groups excluding carboxylic acids is 3. The van der Waals surface area contributed by atoms with Crippen molar-refractivity contribution in [1.29, 1.82) is 0 Å². The van der Waals surface area contributed by atoms with Crippen molar-refractivity contribution >= 4 is 39.9 Å². The molecule has 0 unspecified atom stereocenters. The molecular formula is C18H21N3O4S. The zero-order chi connectivity index (χ0) is 19.1. The van der Waals surface area contributed by atoms with Crippen LogP contribution in [-0.4, -0.2) is 35.7 Å². The van der Waals surface area contributed by atoms with E-state index >= 15 is 0 Å². The Labute approximate surface area is 155 Å². The predicted molar refractivity (Wildman–Crippen MR) is 101 cm³/mol. The Hall–Kier alpha value is -2.74. The molecule has 26 heavy (non-hydrogen) atoms. The molecule has 0 aliphatic heterocycles. The number of carbonyl (C=O) groups is 3. The highest BCUT2D eigenvalue weighted by Crippen LogP contribution is 2.24. The van der Waals surface area contributed by atoms with E-state index in [4.69, 9.17) is 4.74 Å². The SMILES string of the molecule is CCCC(=O)Nc1ccc(C(=O)COC(=O)c2c(C)nsc2NC)cc1. The minimum absolute atomic E-state index is 0.0689. The Kier molecular flexibility index (Phi) is 6.85. The number of aromatic nitrogens is 1. The van der Waals surface area contributed by atoms with E-state index in [0.29, 0.717) is 33.9 Å². The standard InChI is InChI=1S/C18H21N3O4S/c1-4-5-15(23)20-13-8-6-12(7-9-13)14(22)10-25-18(24)16-11(2)21-26-17(16)19-3/h6-9,19H,4-5,10H2,1-3H3,(H,20,23). The summed E-state index contributed by atoms with van der Waals surface area (Å²) in [7, 11) is 1.69. The summed E-state index contributed by atoms with van der Waals surface area (Å²) in [6.07, 6.45) is 1.21.